The summed E-state index contributed by atoms with van der Waals surface area (Å²) in [5.41, 5.74) is -0.177. The lowest BCUT2D eigenvalue weighted by atomic mass is 10.1. The van der Waals surface area contributed by atoms with Gasteiger partial charge in [0.2, 0.25) is 11.3 Å². The Labute approximate surface area is 144 Å². The number of H-pyrrole nitrogens is 1. The van der Waals surface area contributed by atoms with E-state index in [0.717, 1.165) is 12.1 Å². The van der Waals surface area contributed by atoms with E-state index in [9.17, 15) is 18.0 Å². The molecule has 5 nitrogen and oxygen atoms in total. The molecule has 26 heavy (non-hydrogen) atoms. The van der Waals surface area contributed by atoms with E-state index in [4.69, 9.17) is 4.52 Å². The molecule has 0 aliphatic rings. The Morgan fingerprint density at radius 1 is 1.04 bits per heavy atom. The summed E-state index contributed by atoms with van der Waals surface area (Å²) in [4.78, 5) is 19.6. The van der Waals surface area contributed by atoms with Gasteiger partial charge in [0.15, 0.2) is 0 Å². The van der Waals surface area contributed by atoms with Gasteiger partial charge in [0.25, 0.3) is 5.89 Å². The van der Waals surface area contributed by atoms with Crippen LogP contribution in [-0.2, 0) is 6.18 Å². The van der Waals surface area contributed by atoms with Crippen molar-refractivity contribution in [1.82, 2.24) is 15.1 Å². The van der Waals surface area contributed by atoms with Crippen molar-refractivity contribution in [3.8, 4) is 22.8 Å². The maximum Gasteiger partial charge on any atom is 0.416 e. The highest BCUT2D eigenvalue weighted by molar-refractivity contribution is 5.82. The van der Waals surface area contributed by atoms with Gasteiger partial charge in [0.1, 0.15) is 5.56 Å². The lowest BCUT2D eigenvalue weighted by Crippen LogP contribution is -2.06. The number of benzene rings is 2. The molecule has 8 heteroatoms. The molecule has 0 unspecified atom stereocenters. The Balaban J connectivity index is 1.78. The minimum absolute atomic E-state index is 0.0290. The molecule has 0 bridgehead atoms. The maximum atomic E-state index is 12.8. The Hall–Kier alpha value is -3.42. The predicted molar refractivity (Wildman–Crippen MR) is 88.3 cm³/mol. The molecule has 4 aromatic rings. The van der Waals surface area contributed by atoms with Gasteiger partial charge in [0.05, 0.1) is 5.56 Å². The van der Waals surface area contributed by atoms with E-state index in [0.29, 0.717) is 10.9 Å². The van der Waals surface area contributed by atoms with E-state index in [1.54, 1.807) is 24.3 Å². The van der Waals surface area contributed by atoms with Gasteiger partial charge in [-0.15, -0.1) is 0 Å². The quantitative estimate of drug-likeness (QED) is 0.582. The fraction of sp³-hybridized carbons (Fsp3) is 0.0556. The van der Waals surface area contributed by atoms with Gasteiger partial charge >= 0.3 is 6.18 Å². The average molecular weight is 357 g/mol. The molecule has 4 rings (SSSR count). The number of nitrogens with zero attached hydrogens (tertiary/aromatic N) is 2. The number of rotatable bonds is 2. The van der Waals surface area contributed by atoms with Crippen molar-refractivity contribution in [1.29, 1.82) is 0 Å². The molecule has 2 aromatic carbocycles. The van der Waals surface area contributed by atoms with Crippen LogP contribution in [0.1, 0.15) is 5.56 Å². The Morgan fingerprint density at radius 2 is 1.85 bits per heavy atom. The maximum absolute atomic E-state index is 12.8. The topological polar surface area (TPSA) is 71.8 Å². The van der Waals surface area contributed by atoms with Crippen LogP contribution < -0.4 is 5.43 Å². The monoisotopic (exact) mass is 357 g/mol. The first-order valence-corrected chi connectivity index (χ1v) is 7.55. The van der Waals surface area contributed by atoms with Gasteiger partial charge < -0.3 is 9.51 Å². The molecule has 0 saturated heterocycles. The zero-order chi connectivity index (χ0) is 18.3. The standard InChI is InChI=1S/C18H10F3N3O2/c19-18(20,21)11-5-3-4-10(8-11)16-23-17(26-24-16)13-9-22-14-7-2-1-6-12(14)15(13)25/h1-9H,(H,22,25). The number of para-hydroxylation sites is 1. The summed E-state index contributed by atoms with van der Waals surface area (Å²) in [6.07, 6.45) is -3.04. The Kier molecular flexibility index (Phi) is 3.61. The molecule has 1 N–H and O–H groups in total. The number of pyridine rings is 1. The average Bonchev–Trinajstić information content (AvgIpc) is 3.11. The Bertz CT molecular complexity index is 1160. The van der Waals surface area contributed by atoms with Crippen molar-refractivity contribution >= 4 is 10.9 Å². The van der Waals surface area contributed by atoms with Crippen molar-refractivity contribution in [3.05, 3.63) is 70.5 Å². The molecule has 0 aliphatic heterocycles. The highest BCUT2D eigenvalue weighted by Crippen LogP contribution is 2.31. The van der Waals surface area contributed by atoms with Gasteiger partial charge in [0, 0.05) is 22.7 Å². The zero-order valence-corrected chi connectivity index (χ0v) is 13.0. The molecule has 0 fully saturated rings. The first-order chi connectivity index (χ1) is 12.4. The summed E-state index contributed by atoms with van der Waals surface area (Å²) in [6.45, 7) is 0. The van der Waals surface area contributed by atoms with Crippen LogP contribution in [0.15, 0.2) is 64.0 Å². The van der Waals surface area contributed by atoms with E-state index < -0.39 is 11.7 Å². The van der Waals surface area contributed by atoms with Crippen LogP contribution in [0.4, 0.5) is 13.2 Å². The van der Waals surface area contributed by atoms with Crippen molar-refractivity contribution < 1.29 is 17.7 Å². The van der Waals surface area contributed by atoms with Crippen LogP contribution in [0.2, 0.25) is 0 Å². The number of aromatic nitrogens is 3. The van der Waals surface area contributed by atoms with Crippen LogP contribution in [0.25, 0.3) is 33.7 Å². The van der Waals surface area contributed by atoms with Gasteiger partial charge in [-0.3, -0.25) is 4.79 Å². The van der Waals surface area contributed by atoms with Crippen LogP contribution >= 0.6 is 0 Å². The van der Waals surface area contributed by atoms with E-state index in [1.807, 2.05) is 0 Å². The van der Waals surface area contributed by atoms with Gasteiger partial charge in [-0.1, -0.05) is 29.4 Å². The van der Waals surface area contributed by atoms with E-state index in [2.05, 4.69) is 15.1 Å². The third-order valence-electron chi connectivity index (χ3n) is 3.89. The molecule has 0 saturated carbocycles. The molecule has 130 valence electrons. The summed E-state index contributed by atoms with van der Waals surface area (Å²) >= 11 is 0. The second kappa shape index (κ2) is 5.83. The summed E-state index contributed by atoms with van der Waals surface area (Å²) < 4.78 is 43.6. The normalized spacial score (nSPS) is 11.8. The van der Waals surface area contributed by atoms with Crippen LogP contribution in [0, 0.1) is 0 Å². The SMILES string of the molecule is O=c1c(-c2nc(-c3cccc(C(F)(F)F)c3)no2)c[nH]c2ccccc12. The second-order valence-corrected chi connectivity index (χ2v) is 5.58. The van der Waals surface area contributed by atoms with Gasteiger partial charge in [-0.05, 0) is 24.3 Å². The summed E-state index contributed by atoms with van der Waals surface area (Å²) in [7, 11) is 0. The zero-order valence-electron chi connectivity index (χ0n) is 13.0. The highest BCUT2D eigenvalue weighted by atomic mass is 19.4. The number of hydrogen-bond donors (Lipinski definition) is 1. The lowest BCUT2D eigenvalue weighted by molar-refractivity contribution is -0.137. The molecule has 0 atom stereocenters. The molecular formula is C18H10F3N3O2. The summed E-state index contributed by atoms with van der Waals surface area (Å²) in [6, 6.07) is 11.5. The van der Waals surface area contributed by atoms with Crippen molar-refractivity contribution in [2.24, 2.45) is 0 Å². The summed E-state index contributed by atoms with van der Waals surface area (Å²) in [5, 5.41) is 4.15. The number of hydrogen-bond acceptors (Lipinski definition) is 4. The molecule has 0 radical (unpaired) electrons. The van der Waals surface area contributed by atoms with E-state index in [-0.39, 0.29) is 28.3 Å². The third-order valence-corrected chi connectivity index (χ3v) is 3.89. The number of nitrogens with one attached hydrogen (secondary N) is 1. The fourth-order valence-corrected chi connectivity index (χ4v) is 2.61. The number of aromatic amines is 1. The predicted octanol–water partition coefficient (Wildman–Crippen LogP) is 4.26. The lowest BCUT2D eigenvalue weighted by Gasteiger charge is -2.06. The fourth-order valence-electron chi connectivity index (χ4n) is 2.61. The number of fused-ring (bicyclic) bond motifs is 1. The molecule has 0 aliphatic carbocycles. The van der Waals surface area contributed by atoms with Crippen molar-refractivity contribution in [2.45, 2.75) is 6.18 Å². The van der Waals surface area contributed by atoms with E-state index in [1.165, 1.54) is 18.3 Å². The van der Waals surface area contributed by atoms with Crippen LogP contribution in [-0.4, -0.2) is 15.1 Å². The summed E-state index contributed by atoms with van der Waals surface area (Å²) in [5.74, 6) is -0.0944. The largest absolute Gasteiger partial charge is 0.416 e. The van der Waals surface area contributed by atoms with Crippen molar-refractivity contribution in [2.75, 3.05) is 0 Å². The second-order valence-electron chi connectivity index (χ2n) is 5.58. The first-order valence-electron chi connectivity index (χ1n) is 7.55. The molecule has 2 aromatic heterocycles. The van der Waals surface area contributed by atoms with Crippen LogP contribution in [0.5, 0.6) is 0 Å². The first kappa shape index (κ1) is 16.1. The minimum atomic E-state index is -4.47. The number of alkyl halides is 3. The Morgan fingerprint density at radius 3 is 2.65 bits per heavy atom. The molecule has 0 amide bonds. The molecule has 0 spiro atoms. The van der Waals surface area contributed by atoms with Gasteiger partial charge in [-0.25, -0.2) is 0 Å². The number of halogens is 3. The minimum Gasteiger partial charge on any atom is -0.360 e. The molecule has 2 heterocycles. The molecular weight excluding hydrogens is 347 g/mol. The van der Waals surface area contributed by atoms with Gasteiger partial charge in [-0.2, -0.15) is 18.2 Å². The third kappa shape index (κ3) is 2.75. The highest BCUT2D eigenvalue weighted by Gasteiger charge is 2.30. The van der Waals surface area contributed by atoms with E-state index >= 15 is 0 Å². The van der Waals surface area contributed by atoms with Crippen molar-refractivity contribution in [3.63, 3.8) is 0 Å². The smallest absolute Gasteiger partial charge is 0.360 e. The van der Waals surface area contributed by atoms with Crippen LogP contribution in [0.3, 0.4) is 0 Å².